The molecule has 0 heterocycles. The lowest BCUT2D eigenvalue weighted by molar-refractivity contribution is 0.264. The Balaban J connectivity index is 4.17. The highest BCUT2D eigenvalue weighted by atomic mass is 15.2. The van der Waals surface area contributed by atoms with Gasteiger partial charge in [-0.05, 0) is 31.1 Å². The van der Waals surface area contributed by atoms with Gasteiger partial charge in [0.2, 0.25) is 0 Å². The second-order valence-electron chi connectivity index (χ2n) is 5.24. The van der Waals surface area contributed by atoms with Crippen molar-refractivity contribution in [1.82, 2.24) is 5.43 Å². The minimum atomic E-state index is 0.515. The Labute approximate surface area is 102 Å². The van der Waals surface area contributed by atoms with E-state index in [-0.39, 0.29) is 0 Å². The molecule has 0 radical (unpaired) electrons. The molecule has 0 rings (SSSR count). The summed E-state index contributed by atoms with van der Waals surface area (Å²) in [7, 11) is 0. The maximum Gasteiger partial charge on any atom is 0.0241 e. The van der Waals surface area contributed by atoms with Crippen LogP contribution >= 0.6 is 0 Å². The van der Waals surface area contributed by atoms with Crippen molar-refractivity contribution in [1.29, 1.82) is 0 Å². The maximum atomic E-state index is 5.73. The van der Waals surface area contributed by atoms with E-state index < -0.39 is 0 Å². The molecule has 0 aliphatic carbocycles. The van der Waals surface area contributed by atoms with Gasteiger partial charge in [-0.3, -0.25) is 11.3 Å². The third-order valence-electron chi connectivity index (χ3n) is 3.54. The van der Waals surface area contributed by atoms with Gasteiger partial charge >= 0.3 is 0 Å². The molecule has 0 aromatic rings. The highest BCUT2D eigenvalue weighted by molar-refractivity contribution is 4.76. The molecule has 0 amide bonds. The first-order chi connectivity index (χ1) is 7.69. The molecule has 2 unspecified atom stereocenters. The van der Waals surface area contributed by atoms with Crippen LogP contribution in [0.25, 0.3) is 0 Å². The molecule has 0 bridgehead atoms. The minimum absolute atomic E-state index is 0.515. The number of rotatable bonds is 10. The topological polar surface area (TPSA) is 38.0 Å². The summed E-state index contributed by atoms with van der Waals surface area (Å²) in [5.41, 5.74) is 3.06. The zero-order valence-electron chi connectivity index (χ0n) is 11.8. The molecule has 2 heteroatoms. The number of hydrogen-bond acceptors (Lipinski definition) is 2. The molecule has 0 spiro atoms. The molecular formula is C14H32N2. The molecule has 0 fully saturated rings. The molecule has 0 saturated heterocycles. The largest absolute Gasteiger partial charge is 0.271 e. The smallest absolute Gasteiger partial charge is 0.0241 e. The summed E-state index contributed by atoms with van der Waals surface area (Å²) in [5.74, 6) is 7.29. The summed E-state index contributed by atoms with van der Waals surface area (Å²) in [5, 5.41) is 0. The molecule has 0 saturated carbocycles. The Bertz CT molecular complexity index is 142. The molecule has 2 nitrogen and oxygen atoms in total. The van der Waals surface area contributed by atoms with Crippen LogP contribution in [0.5, 0.6) is 0 Å². The van der Waals surface area contributed by atoms with Gasteiger partial charge in [0, 0.05) is 6.04 Å². The van der Waals surface area contributed by atoms with Gasteiger partial charge in [0.05, 0.1) is 0 Å². The molecule has 0 aliphatic heterocycles. The summed E-state index contributed by atoms with van der Waals surface area (Å²) < 4.78 is 0. The van der Waals surface area contributed by atoms with Gasteiger partial charge in [-0.2, -0.15) is 0 Å². The summed E-state index contributed by atoms with van der Waals surface area (Å²) in [6, 6.07) is 0.515. The fourth-order valence-electron chi connectivity index (χ4n) is 2.73. The lowest BCUT2D eigenvalue weighted by atomic mass is 9.84. The Hall–Kier alpha value is -0.0800. The van der Waals surface area contributed by atoms with Gasteiger partial charge in [0.15, 0.2) is 0 Å². The highest BCUT2D eigenvalue weighted by Crippen LogP contribution is 2.24. The predicted octanol–water partition coefficient (Wildman–Crippen LogP) is 3.86. The van der Waals surface area contributed by atoms with E-state index in [9.17, 15) is 0 Å². The normalized spacial score (nSPS) is 15.4. The van der Waals surface area contributed by atoms with E-state index in [4.69, 9.17) is 5.84 Å². The number of hydrogen-bond donors (Lipinski definition) is 2. The van der Waals surface area contributed by atoms with Crippen molar-refractivity contribution < 1.29 is 0 Å². The zero-order chi connectivity index (χ0) is 12.4. The van der Waals surface area contributed by atoms with Crippen LogP contribution in [-0.4, -0.2) is 6.04 Å². The van der Waals surface area contributed by atoms with Crippen LogP contribution in [0.15, 0.2) is 0 Å². The van der Waals surface area contributed by atoms with Crippen molar-refractivity contribution in [2.75, 3.05) is 0 Å². The van der Waals surface area contributed by atoms with E-state index in [2.05, 4.69) is 33.1 Å². The predicted molar refractivity (Wildman–Crippen MR) is 73.1 cm³/mol. The van der Waals surface area contributed by atoms with Crippen LogP contribution < -0.4 is 11.3 Å². The van der Waals surface area contributed by atoms with Crippen LogP contribution in [0.1, 0.15) is 72.6 Å². The zero-order valence-corrected chi connectivity index (χ0v) is 11.8. The van der Waals surface area contributed by atoms with Gasteiger partial charge in [0.25, 0.3) is 0 Å². The molecule has 2 atom stereocenters. The van der Waals surface area contributed by atoms with Gasteiger partial charge < -0.3 is 0 Å². The molecule has 98 valence electrons. The maximum absolute atomic E-state index is 5.73. The SMILES string of the molecule is CCCC(C)CC(NN)C(CCC)CCC. The van der Waals surface area contributed by atoms with Gasteiger partial charge in [0.1, 0.15) is 0 Å². The molecule has 16 heavy (non-hydrogen) atoms. The van der Waals surface area contributed by atoms with E-state index in [1.807, 2.05) is 0 Å². The third-order valence-corrected chi connectivity index (χ3v) is 3.54. The van der Waals surface area contributed by atoms with Crippen molar-refractivity contribution in [3.05, 3.63) is 0 Å². The first kappa shape index (κ1) is 15.9. The molecule has 0 aromatic heterocycles. The van der Waals surface area contributed by atoms with E-state index >= 15 is 0 Å². The van der Waals surface area contributed by atoms with E-state index in [0.717, 1.165) is 11.8 Å². The van der Waals surface area contributed by atoms with E-state index in [0.29, 0.717) is 6.04 Å². The second kappa shape index (κ2) is 10.1. The quantitative estimate of drug-likeness (QED) is 0.440. The minimum Gasteiger partial charge on any atom is -0.271 e. The number of hydrazine groups is 1. The van der Waals surface area contributed by atoms with E-state index in [1.54, 1.807) is 0 Å². The molecular weight excluding hydrogens is 196 g/mol. The van der Waals surface area contributed by atoms with Crippen molar-refractivity contribution >= 4 is 0 Å². The van der Waals surface area contributed by atoms with Crippen LogP contribution in [0, 0.1) is 11.8 Å². The molecule has 0 aromatic carbocycles. The lowest BCUT2D eigenvalue weighted by Gasteiger charge is -2.28. The monoisotopic (exact) mass is 228 g/mol. The Kier molecular flexibility index (Phi) is 10.0. The Morgan fingerprint density at radius 1 is 0.938 bits per heavy atom. The number of nitrogens with one attached hydrogen (secondary N) is 1. The fourth-order valence-corrected chi connectivity index (χ4v) is 2.73. The third kappa shape index (κ3) is 6.49. The average Bonchev–Trinajstić information content (AvgIpc) is 2.26. The first-order valence-electron chi connectivity index (χ1n) is 7.15. The van der Waals surface area contributed by atoms with Crippen molar-refractivity contribution in [2.24, 2.45) is 17.7 Å². The Morgan fingerprint density at radius 2 is 1.44 bits per heavy atom. The van der Waals surface area contributed by atoms with Crippen LogP contribution in [0.3, 0.4) is 0 Å². The van der Waals surface area contributed by atoms with Gasteiger partial charge in [-0.1, -0.05) is 53.4 Å². The second-order valence-corrected chi connectivity index (χ2v) is 5.24. The van der Waals surface area contributed by atoms with Gasteiger partial charge in [-0.15, -0.1) is 0 Å². The van der Waals surface area contributed by atoms with Crippen LogP contribution in [0.2, 0.25) is 0 Å². The van der Waals surface area contributed by atoms with Crippen molar-refractivity contribution in [3.63, 3.8) is 0 Å². The molecule has 0 aliphatic rings. The Morgan fingerprint density at radius 3 is 1.81 bits per heavy atom. The fraction of sp³-hybridized carbons (Fsp3) is 1.00. The lowest BCUT2D eigenvalue weighted by Crippen LogP contribution is -2.42. The van der Waals surface area contributed by atoms with Crippen LogP contribution in [0.4, 0.5) is 0 Å². The van der Waals surface area contributed by atoms with Crippen LogP contribution in [-0.2, 0) is 0 Å². The van der Waals surface area contributed by atoms with Crippen molar-refractivity contribution in [3.8, 4) is 0 Å². The summed E-state index contributed by atoms with van der Waals surface area (Å²) in [6.45, 7) is 9.15. The van der Waals surface area contributed by atoms with Gasteiger partial charge in [-0.25, -0.2) is 0 Å². The summed E-state index contributed by atoms with van der Waals surface area (Å²) in [6.07, 6.45) is 8.99. The average molecular weight is 228 g/mol. The standard InChI is InChI=1S/C14H32N2/c1-5-8-12(4)11-14(16-15)13(9-6-2)10-7-3/h12-14,16H,5-11,15H2,1-4H3. The first-order valence-corrected chi connectivity index (χ1v) is 7.15. The highest BCUT2D eigenvalue weighted by Gasteiger charge is 2.20. The number of nitrogens with two attached hydrogens (primary N) is 1. The summed E-state index contributed by atoms with van der Waals surface area (Å²) >= 11 is 0. The summed E-state index contributed by atoms with van der Waals surface area (Å²) in [4.78, 5) is 0. The molecule has 3 N–H and O–H groups in total. The van der Waals surface area contributed by atoms with E-state index in [1.165, 1.54) is 44.9 Å². The van der Waals surface area contributed by atoms with Crippen molar-refractivity contribution in [2.45, 2.75) is 78.7 Å².